The predicted molar refractivity (Wildman–Crippen MR) is 147 cm³/mol. The van der Waals surface area contributed by atoms with Crippen LogP contribution in [-0.4, -0.2) is 38.5 Å². The highest BCUT2D eigenvalue weighted by Crippen LogP contribution is 2.38. The molecule has 0 saturated heterocycles. The molecule has 3 heterocycles. The fourth-order valence-corrected chi connectivity index (χ4v) is 4.90. The number of halogens is 2. The number of fused-ring (bicyclic) bond motifs is 1. The number of hydrogen-bond donors (Lipinski definition) is 1. The Morgan fingerprint density at radius 1 is 1.23 bits per heavy atom. The van der Waals surface area contributed by atoms with Crippen molar-refractivity contribution < 1.29 is 23.0 Å². The summed E-state index contributed by atoms with van der Waals surface area (Å²) in [6.45, 7) is 3.21. The normalized spacial score (nSPS) is 14.2. The SMILES string of the molecule is CC(C)(C)COc1c(C=Cc2nc3ccncn3c2C(=O)Nc2nc(C3CCC3)cs2)cccc1OC(F)F. The molecule has 1 saturated carbocycles. The standard InChI is InChI=1S/C28H29F2N5O3S/c1-28(2,3)15-37-24-18(8-5-9-21(24)38-26(29)30)10-11-19-23(35-16-31-13-12-22(35)32-19)25(36)34-27-33-20(14-39-27)17-6-4-7-17/h5,8-14,16-17,26H,4,6-7,15H2,1-3H3,(H,33,34,36). The second-order valence-electron chi connectivity index (χ2n) is 10.5. The molecule has 1 fully saturated rings. The lowest BCUT2D eigenvalue weighted by atomic mass is 9.83. The molecule has 1 N–H and O–H groups in total. The molecule has 5 rings (SSSR count). The molecule has 0 aliphatic heterocycles. The van der Waals surface area contributed by atoms with Gasteiger partial charge in [0.2, 0.25) is 0 Å². The van der Waals surface area contributed by atoms with Crippen LogP contribution in [0, 0.1) is 5.41 Å². The zero-order valence-corrected chi connectivity index (χ0v) is 22.7. The van der Waals surface area contributed by atoms with Crippen LogP contribution < -0.4 is 14.8 Å². The van der Waals surface area contributed by atoms with Crippen LogP contribution in [-0.2, 0) is 0 Å². The maximum atomic E-state index is 13.4. The van der Waals surface area contributed by atoms with Gasteiger partial charge >= 0.3 is 6.61 Å². The topological polar surface area (TPSA) is 90.6 Å². The molecule has 0 bridgehead atoms. The molecule has 1 amide bonds. The van der Waals surface area contributed by atoms with Crippen molar-refractivity contribution in [3.63, 3.8) is 0 Å². The van der Waals surface area contributed by atoms with Crippen molar-refractivity contribution in [2.75, 3.05) is 11.9 Å². The number of nitrogens with zero attached hydrogens (tertiary/aromatic N) is 4. The fourth-order valence-electron chi connectivity index (χ4n) is 4.12. The number of para-hydroxylation sites is 1. The Morgan fingerprint density at radius 2 is 2.05 bits per heavy atom. The minimum absolute atomic E-state index is 0.0698. The van der Waals surface area contributed by atoms with Gasteiger partial charge < -0.3 is 9.47 Å². The number of carbonyl (C=O) groups excluding carboxylic acids is 1. The maximum absolute atomic E-state index is 13.4. The molecule has 4 aromatic rings. The zero-order valence-electron chi connectivity index (χ0n) is 21.9. The van der Waals surface area contributed by atoms with E-state index >= 15 is 0 Å². The third kappa shape index (κ3) is 6.25. The van der Waals surface area contributed by atoms with Crippen molar-refractivity contribution in [1.29, 1.82) is 0 Å². The number of aromatic nitrogens is 4. The summed E-state index contributed by atoms with van der Waals surface area (Å²) < 4.78 is 38.5. The summed E-state index contributed by atoms with van der Waals surface area (Å²) in [4.78, 5) is 26.8. The van der Waals surface area contributed by atoms with Crippen molar-refractivity contribution in [2.45, 2.75) is 52.6 Å². The van der Waals surface area contributed by atoms with Gasteiger partial charge in [0, 0.05) is 23.1 Å². The molecular weight excluding hydrogens is 524 g/mol. The highest BCUT2D eigenvalue weighted by Gasteiger charge is 2.24. The summed E-state index contributed by atoms with van der Waals surface area (Å²) >= 11 is 1.39. The molecule has 3 aromatic heterocycles. The van der Waals surface area contributed by atoms with Crippen LogP contribution in [0.1, 0.15) is 73.4 Å². The zero-order chi connectivity index (χ0) is 27.6. The molecule has 0 spiro atoms. The van der Waals surface area contributed by atoms with Gasteiger partial charge in [-0.1, -0.05) is 39.3 Å². The molecule has 0 unspecified atom stereocenters. The molecule has 8 nitrogen and oxygen atoms in total. The van der Waals surface area contributed by atoms with Crippen LogP contribution in [0.3, 0.4) is 0 Å². The first-order chi connectivity index (χ1) is 18.7. The van der Waals surface area contributed by atoms with Crippen LogP contribution in [0.15, 0.2) is 42.2 Å². The van der Waals surface area contributed by atoms with E-state index in [1.165, 1.54) is 30.2 Å². The number of rotatable bonds is 9. The number of anilines is 1. The lowest BCUT2D eigenvalue weighted by molar-refractivity contribution is -0.0517. The Morgan fingerprint density at radius 3 is 2.77 bits per heavy atom. The minimum Gasteiger partial charge on any atom is -0.489 e. The van der Waals surface area contributed by atoms with Gasteiger partial charge in [-0.25, -0.2) is 15.0 Å². The molecule has 11 heteroatoms. The third-order valence-corrected chi connectivity index (χ3v) is 7.01. The third-order valence-electron chi connectivity index (χ3n) is 6.23. The molecule has 1 aromatic carbocycles. The quantitative estimate of drug-likeness (QED) is 0.242. The van der Waals surface area contributed by atoms with Crippen molar-refractivity contribution >= 4 is 40.2 Å². The Hall–Kier alpha value is -3.86. The summed E-state index contributed by atoms with van der Waals surface area (Å²) in [7, 11) is 0. The maximum Gasteiger partial charge on any atom is 0.387 e. The monoisotopic (exact) mass is 553 g/mol. The van der Waals surface area contributed by atoms with E-state index in [1.807, 2.05) is 26.2 Å². The Labute approximate surface area is 228 Å². The van der Waals surface area contributed by atoms with Crippen LogP contribution >= 0.6 is 11.3 Å². The number of alkyl halides is 2. The Balaban J connectivity index is 1.47. The molecule has 0 atom stereocenters. The summed E-state index contributed by atoms with van der Waals surface area (Å²) in [5, 5.41) is 5.40. The molecule has 39 heavy (non-hydrogen) atoms. The number of hydrogen-bond acceptors (Lipinski definition) is 7. The van der Waals surface area contributed by atoms with Gasteiger partial charge in [0.25, 0.3) is 5.91 Å². The molecule has 1 aliphatic carbocycles. The first kappa shape index (κ1) is 26.7. The highest BCUT2D eigenvalue weighted by atomic mass is 32.1. The van der Waals surface area contributed by atoms with Crippen molar-refractivity contribution in [1.82, 2.24) is 19.4 Å². The summed E-state index contributed by atoms with van der Waals surface area (Å²) in [6.07, 6.45) is 9.87. The molecule has 1 aliphatic rings. The lowest BCUT2D eigenvalue weighted by Crippen LogP contribution is -2.18. The van der Waals surface area contributed by atoms with Crippen LogP contribution in [0.4, 0.5) is 13.9 Å². The second kappa shape index (κ2) is 11.1. The average molecular weight is 554 g/mol. The smallest absolute Gasteiger partial charge is 0.387 e. The van der Waals surface area contributed by atoms with Crippen LogP contribution in [0.2, 0.25) is 0 Å². The van der Waals surface area contributed by atoms with E-state index in [2.05, 4.69) is 20.3 Å². The van der Waals surface area contributed by atoms with Gasteiger partial charge in [0.15, 0.2) is 16.6 Å². The Kier molecular flexibility index (Phi) is 7.60. The van der Waals surface area contributed by atoms with Gasteiger partial charge in [-0.2, -0.15) is 8.78 Å². The van der Waals surface area contributed by atoms with Crippen molar-refractivity contribution in [2.24, 2.45) is 5.41 Å². The first-order valence-electron chi connectivity index (χ1n) is 12.7. The van der Waals surface area contributed by atoms with E-state index in [1.54, 1.807) is 40.9 Å². The number of amides is 1. The molecule has 204 valence electrons. The van der Waals surface area contributed by atoms with Crippen LogP contribution in [0.25, 0.3) is 17.8 Å². The van der Waals surface area contributed by atoms with Gasteiger partial charge in [0.1, 0.15) is 17.7 Å². The largest absolute Gasteiger partial charge is 0.489 e. The van der Waals surface area contributed by atoms with E-state index in [0.29, 0.717) is 28.0 Å². The number of nitrogens with one attached hydrogen (secondary N) is 1. The first-order valence-corrected chi connectivity index (χ1v) is 13.5. The summed E-state index contributed by atoms with van der Waals surface area (Å²) in [5.74, 6) is 0.194. The van der Waals surface area contributed by atoms with Gasteiger partial charge in [-0.05, 0) is 42.5 Å². The van der Waals surface area contributed by atoms with E-state index in [9.17, 15) is 13.6 Å². The van der Waals surface area contributed by atoms with Gasteiger partial charge in [0.05, 0.1) is 18.0 Å². The minimum atomic E-state index is -3.00. The number of ether oxygens (including phenoxy) is 2. The number of imidazole rings is 1. The van der Waals surface area contributed by atoms with E-state index < -0.39 is 6.61 Å². The average Bonchev–Trinajstić information content (AvgIpc) is 3.44. The fraction of sp³-hybridized carbons (Fsp3) is 0.357. The van der Waals surface area contributed by atoms with E-state index in [-0.39, 0.29) is 35.1 Å². The van der Waals surface area contributed by atoms with E-state index in [4.69, 9.17) is 9.47 Å². The lowest BCUT2D eigenvalue weighted by Gasteiger charge is -2.22. The summed E-state index contributed by atoms with van der Waals surface area (Å²) in [5.41, 5.74) is 2.47. The van der Waals surface area contributed by atoms with E-state index in [0.717, 1.165) is 18.5 Å². The molecular formula is C28H29F2N5O3S. The predicted octanol–water partition coefficient (Wildman–Crippen LogP) is 6.90. The number of benzene rings is 1. The van der Waals surface area contributed by atoms with Gasteiger partial charge in [-0.3, -0.25) is 14.5 Å². The number of carbonyl (C=O) groups is 1. The Bertz CT molecular complexity index is 1500. The summed E-state index contributed by atoms with van der Waals surface area (Å²) in [6, 6.07) is 6.45. The van der Waals surface area contributed by atoms with Crippen molar-refractivity contribution in [3.8, 4) is 11.5 Å². The van der Waals surface area contributed by atoms with Gasteiger partial charge in [-0.15, -0.1) is 11.3 Å². The van der Waals surface area contributed by atoms with Crippen LogP contribution in [0.5, 0.6) is 11.5 Å². The highest BCUT2D eigenvalue weighted by molar-refractivity contribution is 7.14. The second-order valence-corrected chi connectivity index (χ2v) is 11.4. The van der Waals surface area contributed by atoms with Crippen molar-refractivity contribution in [3.05, 3.63) is 64.8 Å². The number of thiazole rings is 1. The molecule has 0 radical (unpaired) electrons.